The molecule has 1 heterocycles. The Kier molecular flexibility index (Phi) is 3.38. The van der Waals surface area contributed by atoms with Crippen molar-refractivity contribution in [3.8, 4) is 0 Å². The van der Waals surface area contributed by atoms with Crippen LogP contribution in [0.5, 0.6) is 0 Å². The van der Waals surface area contributed by atoms with Crippen molar-refractivity contribution in [3.05, 3.63) is 46.2 Å². The summed E-state index contributed by atoms with van der Waals surface area (Å²) in [6.45, 7) is 4.90. The number of hydrogen-bond acceptors (Lipinski definition) is 2. The molecule has 2 rings (SSSR count). The van der Waals surface area contributed by atoms with Gasteiger partial charge in [-0.3, -0.25) is 4.68 Å². The van der Waals surface area contributed by atoms with E-state index in [1.165, 1.54) is 11.3 Å². The Morgan fingerprint density at radius 2 is 1.88 bits per heavy atom. The summed E-state index contributed by atoms with van der Waals surface area (Å²) < 4.78 is 1.91. The maximum Gasteiger partial charge on any atom is 0.0646 e. The Balaban J connectivity index is 2.09. The van der Waals surface area contributed by atoms with Gasteiger partial charge in [-0.05, 0) is 38.1 Å². The first-order valence-electron chi connectivity index (χ1n) is 5.56. The van der Waals surface area contributed by atoms with Crippen LogP contribution in [-0.4, -0.2) is 9.78 Å². The Hall–Kier alpha value is -1.48. The molecule has 2 aromatic rings. The summed E-state index contributed by atoms with van der Waals surface area (Å²) in [6.07, 6.45) is 0. The van der Waals surface area contributed by atoms with E-state index in [9.17, 15) is 0 Å². The van der Waals surface area contributed by atoms with Crippen LogP contribution in [0.25, 0.3) is 0 Å². The van der Waals surface area contributed by atoms with Gasteiger partial charge < -0.3 is 5.32 Å². The van der Waals surface area contributed by atoms with Crippen molar-refractivity contribution < 1.29 is 0 Å². The third-order valence-corrected chi connectivity index (χ3v) is 3.22. The van der Waals surface area contributed by atoms with E-state index < -0.39 is 0 Å². The van der Waals surface area contributed by atoms with Gasteiger partial charge in [0.2, 0.25) is 0 Å². The first-order valence-corrected chi connectivity index (χ1v) is 5.94. The first kappa shape index (κ1) is 12.0. The topological polar surface area (TPSA) is 29.9 Å². The maximum absolute atomic E-state index is 5.84. The number of benzene rings is 1. The van der Waals surface area contributed by atoms with Gasteiger partial charge in [-0.2, -0.15) is 5.10 Å². The number of anilines is 1. The number of nitrogens with one attached hydrogen (secondary N) is 1. The van der Waals surface area contributed by atoms with E-state index in [-0.39, 0.29) is 0 Å². The summed E-state index contributed by atoms with van der Waals surface area (Å²) in [5, 5.41) is 8.52. The van der Waals surface area contributed by atoms with Crippen molar-refractivity contribution in [2.45, 2.75) is 20.4 Å². The Morgan fingerprint density at radius 1 is 1.24 bits per heavy atom. The minimum atomic E-state index is 0.754. The highest BCUT2D eigenvalue weighted by Crippen LogP contribution is 2.17. The lowest BCUT2D eigenvalue weighted by molar-refractivity contribution is 0.730. The first-order chi connectivity index (χ1) is 8.08. The molecular weight excluding hydrogens is 234 g/mol. The lowest BCUT2D eigenvalue weighted by Gasteiger charge is -2.07. The second-order valence-corrected chi connectivity index (χ2v) is 4.57. The molecule has 0 unspecified atom stereocenters. The van der Waals surface area contributed by atoms with Crippen LogP contribution in [0.4, 0.5) is 5.69 Å². The van der Waals surface area contributed by atoms with Crippen molar-refractivity contribution in [3.63, 3.8) is 0 Å². The van der Waals surface area contributed by atoms with Gasteiger partial charge in [-0.1, -0.05) is 11.6 Å². The Labute approximate surface area is 106 Å². The van der Waals surface area contributed by atoms with Gasteiger partial charge >= 0.3 is 0 Å². The quantitative estimate of drug-likeness (QED) is 0.905. The minimum Gasteiger partial charge on any atom is -0.381 e. The van der Waals surface area contributed by atoms with Gasteiger partial charge in [0.25, 0.3) is 0 Å². The van der Waals surface area contributed by atoms with Gasteiger partial charge in [0, 0.05) is 35.6 Å². The monoisotopic (exact) mass is 249 g/mol. The minimum absolute atomic E-state index is 0.754. The molecule has 0 aliphatic rings. The third-order valence-electron chi connectivity index (χ3n) is 2.97. The van der Waals surface area contributed by atoms with Gasteiger partial charge in [0.05, 0.1) is 5.69 Å². The molecule has 1 aromatic carbocycles. The zero-order chi connectivity index (χ0) is 12.4. The molecule has 90 valence electrons. The van der Waals surface area contributed by atoms with E-state index >= 15 is 0 Å². The lowest BCUT2D eigenvalue weighted by atomic mass is 10.2. The van der Waals surface area contributed by atoms with Crippen LogP contribution < -0.4 is 5.32 Å². The number of nitrogens with zero attached hydrogens (tertiary/aromatic N) is 2. The highest BCUT2D eigenvalue weighted by Gasteiger charge is 2.08. The molecule has 0 atom stereocenters. The number of rotatable bonds is 3. The van der Waals surface area contributed by atoms with E-state index in [1.54, 1.807) is 0 Å². The molecule has 0 spiro atoms. The second kappa shape index (κ2) is 4.80. The van der Waals surface area contributed by atoms with E-state index in [0.29, 0.717) is 0 Å². The Morgan fingerprint density at radius 3 is 2.41 bits per heavy atom. The fraction of sp³-hybridized carbons (Fsp3) is 0.308. The summed E-state index contributed by atoms with van der Waals surface area (Å²) in [7, 11) is 1.97. The van der Waals surface area contributed by atoms with E-state index in [2.05, 4.69) is 17.3 Å². The van der Waals surface area contributed by atoms with Crippen molar-refractivity contribution in [1.82, 2.24) is 9.78 Å². The largest absolute Gasteiger partial charge is 0.381 e. The molecule has 0 saturated carbocycles. The van der Waals surface area contributed by atoms with Crippen LogP contribution in [0.15, 0.2) is 24.3 Å². The van der Waals surface area contributed by atoms with E-state index in [1.807, 2.05) is 42.9 Å². The molecule has 0 aliphatic carbocycles. The van der Waals surface area contributed by atoms with Crippen molar-refractivity contribution >= 4 is 17.3 Å². The molecule has 1 aromatic heterocycles. The third kappa shape index (κ3) is 2.61. The van der Waals surface area contributed by atoms with Crippen LogP contribution >= 0.6 is 11.6 Å². The average molecular weight is 250 g/mol. The molecule has 17 heavy (non-hydrogen) atoms. The van der Waals surface area contributed by atoms with Crippen LogP contribution in [0.1, 0.15) is 17.0 Å². The predicted octanol–water partition coefficient (Wildman–Crippen LogP) is 3.30. The van der Waals surface area contributed by atoms with Gasteiger partial charge in [-0.15, -0.1) is 0 Å². The number of aromatic nitrogens is 2. The zero-order valence-electron chi connectivity index (χ0n) is 10.3. The fourth-order valence-corrected chi connectivity index (χ4v) is 1.96. The summed E-state index contributed by atoms with van der Waals surface area (Å²) in [6, 6.07) is 7.71. The van der Waals surface area contributed by atoms with Gasteiger partial charge in [0.15, 0.2) is 0 Å². The molecule has 3 nitrogen and oxygen atoms in total. The van der Waals surface area contributed by atoms with Crippen molar-refractivity contribution in [1.29, 1.82) is 0 Å². The Bertz CT molecular complexity index is 514. The highest BCUT2D eigenvalue weighted by molar-refractivity contribution is 6.30. The standard InChI is InChI=1S/C13H16ClN3/c1-9-13(10(2)17(3)16-9)8-15-12-6-4-11(14)5-7-12/h4-7,15H,8H2,1-3H3. The molecular formula is C13H16ClN3. The SMILES string of the molecule is Cc1nn(C)c(C)c1CNc1ccc(Cl)cc1. The second-order valence-electron chi connectivity index (χ2n) is 4.13. The average Bonchev–Trinajstić information content (AvgIpc) is 2.54. The maximum atomic E-state index is 5.84. The van der Waals surface area contributed by atoms with Crippen LogP contribution in [0, 0.1) is 13.8 Å². The molecule has 4 heteroatoms. The van der Waals surface area contributed by atoms with Gasteiger partial charge in [-0.25, -0.2) is 0 Å². The van der Waals surface area contributed by atoms with Gasteiger partial charge in [0.1, 0.15) is 0 Å². The number of aryl methyl sites for hydroxylation is 2. The van der Waals surface area contributed by atoms with Crippen molar-refractivity contribution in [2.24, 2.45) is 7.05 Å². The molecule has 0 radical (unpaired) electrons. The van der Waals surface area contributed by atoms with Crippen LogP contribution in [0.2, 0.25) is 5.02 Å². The smallest absolute Gasteiger partial charge is 0.0646 e. The number of halogens is 1. The summed E-state index contributed by atoms with van der Waals surface area (Å²) in [5.74, 6) is 0. The number of hydrogen-bond donors (Lipinski definition) is 1. The molecule has 0 saturated heterocycles. The lowest BCUT2D eigenvalue weighted by Crippen LogP contribution is -2.02. The molecule has 0 aliphatic heterocycles. The van der Waals surface area contributed by atoms with Crippen molar-refractivity contribution in [2.75, 3.05) is 5.32 Å². The van der Waals surface area contributed by atoms with Crippen LogP contribution in [-0.2, 0) is 13.6 Å². The van der Waals surface area contributed by atoms with E-state index in [0.717, 1.165) is 22.9 Å². The zero-order valence-corrected chi connectivity index (χ0v) is 11.0. The molecule has 1 N–H and O–H groups in total. The summed E-state index contributed by atoms with van der Waals surface area (Å²) in [4.78, 5) is 0. The summed E-state index contributed by atoms with van der Waals surface area (Å²) >= 11 is 5.84. The van der Waals surface area contributed by atoms with Crippen LogP contribution in [0.3, 0.4) is 0 Å². The normalized spacial score (nSPS) is 10.6. The van der Waals surface area contributed by atoms with E-state index in [4.69, 9.17) is 11.6 Å². The summed E-state index contributed by atoms with van der Waals surface area (Å²) in [5.41, 5.74) is 4.59. The highest BCUT2D eigenvalue weighted by atomic mass is 35.5. The molecule has 0 bridgehead atoms. The molecule has 0 amide bonds. The molecule has 0 fully saturated rings. The predicted molar refractivity (Wildman–Crippen MR) is 71.5 cm³/mol. The fourth-order valence-electron chi connectivity index (χ4n) is 1.83.